The largest absolute Gasteiger partial charge is 0.494 e. The van der Waals surface area contributed by atoms with E-state index in [9.17, 15) is 4.79 Å². The lowest BCUT2D eigenvalue weighted by molar-refractivity contribution is -0.117. The Kier molecular flexibility index (Phi) is 7.01. The highest BCUT2D eigenvalue weighted by molar-refractivity contribution is 7.16. The van der Waals surface area contributed by atoms with Gasteiger partial charge in [-0.3, -0.25) is 4.79 Å². The molecule has 0 aliphatic rings. The SMILES string of the molecule is CCOc1ccc2c(c1)sc(=NC(=O)Cc1ccc(CC)cc1)n2CCOC. The first-order valence-electron chi connectivity index (χ1n) is 9.55. The van der Waals surface area contributed by atoms with Gasteiger partial charge in [0.1, 0.15) is 5.75 Å². The zero-order chi connectivity index (χ0) is 19.9. The van der Waals surface area contributed by atoms with Crippen molar-refractivity contribution in [1.82, 2.24) is 4.57 Å². The quantitative estimate of drug-likeness (QED) is 0.577. The number of aromatic nitrogens is 1. The summed E-state index contributed by atoms with van der Waals surface area (Å²) in [6.07, 6.45) is 1.29. The van der Waals surface area contributed by atoms with Gasteiger partial charge < -0.3 is 14.0 Å². The number of thiazole rings is 1. The molecule has 0 bridgehead atoms. The van der Waals surface area contributed by atoms with Gasteiger partial charge >= 0.3 is 0 Å². The fraction of sp³-hybridized carbons (Fsp3) is 0.364. The Morgan fingerprint density at radius 3 is 2.54 bits per heavy atom. The number of carbonyl (C=O) groups is 1. The third-order valence-electron chi connectivity index (χ3n) is 4.49. The van der Waals surface area contributed by atoms with E-state index in [-0.39, 0.29) is 5.91 Å². The third kappa shape index (κ3) is 4.88. The zero-order valence-corrected chi connectivity index (χ0v) is 17.4. The lowest BCUT2D eigenvalue weighted by atomic mass is 10.1. The van der Waals surface area contributed by atoms with Crippen molar-refractivity contribution in [3.8, 4) is 5.75 Å². The molecule has 5 nitrogen and oxygen atoms in total. The van der Waals surface area contributed by atoms with E-state index in [4.69, 9.17) is 9.47 Å². The van der Waals surface area contributed by atoms with E-state index in [1.54, 1.807) is 7.11 Å². The van der Waals surface area contributed by atoms with Crippen molar-refractivity contribution in [3.05, 3.63) is 58.4 Å². The average molecular weight is 399 g/mol. The molecule has 0 saturated carbocycles. The molecule has 0 spiro atoms. The molecule has 0 saturated heterocycles. The lowest BCUT2D eigenvalue weighted by Gasteiger charge is -2.06. The van der Waals surface area contributed by atoms with Gasteiger partial charge in [-0.05, 0) is 42.7 Å². The Balaban J connectivity index is 1.92. The second-order valence-electron chi connectivity index (χ2n) is 6.44. The van der Waals surface area contributed by atoms with E-state index >= 15 is 0 Å². The molecule has 6 heteroatoms. The molecule has 0 radical (unpaired) electrons. The van der Waals surface area contributed by atoms with E-state index in [2.05, 4.69) is 24.0 Å². The Morgan fingerprint density at radius 1 is 1.11 bits per heavy atom. The van der Waals surface area contributed by atoms with E-state index in [0.717, 1.165) is 28.0 Å². The molecule has 0 unspecified atom stereocenters. The first-order chi connectivity index (χ1) is 13.6. The molecule has 3 rings (SSSR count). The molecule has 2 aromatic carbocycles. The number of benzene rings is 2. The normalized spacial score (nSPS) is 11.9. The van der Waals surface area contributed by atoms with Gasteiger partial charge in [0, 0.05) is 13.7 Å². The molecule has 0 atom stereocenters. The van der Waals surface area contributed by atoms with Crippen molar-refractivity contribution in [2.75, 3.05) is 20.3 Å². The molecule has 1 heterocycles. The van der Waals surface area contributed by atoms with Gasteiger partial charge in [-0.2, -0.15) is 4.99 Å². The van der Waals surface area contributed by atoms with Crippen LogP contribution in [0.25, 0.3) is 10.2 Å². The van der Waals surface area contributed by atoms with Crippen molar-refractivity contribution in [1.29, 1.82) is 0 Å². The summed E-state index contributed by atoms with van der Waals surface area (Å²) >= 11 is 1.50. The summed E-state index contributed by atoms with van der Waals surface area (Å²) in [4.78, 5) is 17.7. The fourth-order valence-electron chi connectivity index (χ4n) is 3.01. The summed E-state index contributed by atoms with van der Waals surface area (Å²) < 4.78 is 13.9. The Bertz CT molecular complexity index is 1000. The Hall–Kier alpha value is -2.44. The third-order valence-corrected chi connectivity index (χ3v) is 5.53. The first kappa shape index (κ1) is 20.3. The number of rotatable bonds is 8. The van der Waals surface area contributed by atoms with Crippen LogP contribution in [0, 0.1) is 0 Å². The molecule has 0 aliphatic carbocycles. The second kappa shape index (κ2) is 9.66. The highest BCUT2D eigenvalue weighted by atomic mass is 32.1. The number of hydrogen-bond acceptors (Lipinski definition) is 4. The van der Waals surface area contributed by atoms with Crippen LogP contribution < -0.4 is 9.54 Å². The van der Waals surface area contributed by atoms with Gasteiger partial charge in [-0.1, -0.05) is 42.5 Å². The molecule has 0 fully saturated rings. The molecule has 148 valence electrons. The second-order valence-corrected chi connectivity index (χ2v) is 7.45. The van der Waals surface area contributed by atoms with Crippen molar-refractivity contribution >= 4 is 27.5 Å². The van der Waals surface area contributed by atoms with Gasteiger partial charge in [0.15, 0.2) is 4.80 Å². The molecular weight excluding hydrogens is 372 g/mol. The number of nitrogens with zero attached hydrogens (tertiary/aromatic N) is 2. The Labute approximate surface area is 169 Å². The van der Waals surface area contributed by atoms with E-state index < -0.39 is 0 Å². The minimum Gasteiger partial charge on any atom is -0.494 e. The van der Waals surface area contributed by atoms with Crippen molar-refractivity contribution in [2.24, 2.45) is 4.99 Å². The fourth-order valence-corrected chi connectivity index (χ4v) is 4.11. The highest BCUT2D eigenvalue weighted by Crippen LogP contribution is 2.23. The van der Waals surface area contributed by atoms with Crippen LogP contribution in [0.15, 0.2) is 47.5 Å². The van der Waals surface area contributed by atoms with Crippen LogP contribution in [0.5, 0.6) is 5.75 Å². The number of methoxy groups -OCH3 is 1. The summed E-state index contributed by atoms with van der Waals surface area (Å²) in [6, 6.07) is 14.1. The van der Waals surface area contributed by atoms with Crippen LogP contribution in [0.3, 0.4) is 0 Å². The smallest absolute Gasteiger partial charge is 0.252 e. The van der Waals surface area contributed by atoms with Crippen LogP contribution in [0.4, 0.5) is 0 Å². The van der Waals surface area contributed by atoms with Gasteiger partial charge in [0.2, 0.25) is 0 Å². The predicted molar refractivity (Wildman–Crippen MR) is 113 cm³/mol. The molecule has 0 N–H and O–H groups in total. The van der Waals surface area contributed by atoms with Crippen LogP contribution in [-0.2, 0) is 28.9 Å². The molecule has 0 aliphatic heterocycles. The molecular formula is C22H26N2O3S. The van der Waals surface area contributed by atoms with Crippen LogP contribution in [-0.4, -0.2) is 30.8 Å². The van der Waals surface area contributed by atoms with Crippen LogP contribution in [0.2, 0.25) is 0 Å². The summed E-state index contributed by atoms with van der Waals surface area (Å²) in [5.41, 5.74) is 3.28. The number of carbonyl (C=O) groups excluding carboxylic acids is 1. The maximum Gasteiger partial charge on any atom is 0.252 e. The zero-order valence-electron chi connectivity index (χ0n) is 16.6. The first-order valence-corrected chi connectivity index (χ1v) is 10.4. The van der Waals surface area contributed by atoms with Gasteiger partial charge in [0.25, 0.3) is 5.91 Å². The maximum atomic E-state index is 12.6. The number of ether oxygens (including phenoxy) is 2. The molecule has 3 aromatic rings. The van der Waals surface area contributed by atoms with Crippen molar-refractivity contribution in [2.45, 2.75) is 33.2 Å². The lowest BCUT2D eigenvalue weighted by Crippen LogP contribution is -2.19. The molecule has 28 heavy (non-hydrogen) atoms. The van der Waals surface area contributed by atoms with Crippen LogP contribution >= 0.6 is 11.3 Å². The van der Waals surface area contributed by atoms with Crippen LogP contribution in [0.1, 0.15) is 25.0 Å². The molecule has 1 amide bonds. The van der Waals surface area contributed by atoms with E-state index in [1.165, 1.54) is 16.9 Å². The number of aryl methyl sites for hydroxylation is 1. The highest BCUT2D eigenvalue weighted by Gasteiger charge is 2.10. The van der Waals surface area contributed by atoms with Gasteiger partial charge in [-0.15, -0.1) is 0 Å². The van der Waals surface area contributed by atoms with Crippen molar-refractivity contribution < 1.29 is 14.3 Å². The van der Waals surface area contributed by atoms with E-state index in [0.29, 0.717) is 31.0 Å². The van der Waals surface area contributed by atoms with Gasteiger partial charge in [0.05, 0.1) is 29.9 Å². The average Bonchev–Trinajstić information content (AvgIpc) is 3.03. The Morgan fingerprint density at radius 2 is 1.86 bits per heavy atom. The molecule has 1 aromatic heterocycles. The maximum absolute atomic E-state index is 12.6. The summed E-state index contributed by atoms with van der Waals surface area (Å²) in [5.74, 6) is 0.677. The number of amides is 1. The minimum absolute atomic E-state index is 0.146. The number of fused-ring (bicyclic) bond motifs is 1. The monoisotopic (exact) mass is 398 g/mol. The predicted octanol–water partition coefficient (Wildman–Crippen LogP) is 3.98. The summed E-state index contributed by atoms with van der Waals surface area (Å²) in [6.45, 7) is 5.89. The summed E-state index contributed by atoms with van der Waals surface area (Å²) in [7, 11) is 1.67. The standard InChI is InChI=1S/C22H26N2O3S/c1-4-16-6-8-17(9-7-16)14-21(25)23-22-24(12-13-26-3)19-11-10-18(27-5-2)15-20(19)28-22/h6-11,15H,4-5,12-14H2,1-3H3. The summed E-state index contributed by atoms with van der Waals surface area (Å²) in [5, 5.41) is 0. The number of hydrogen-bond donors (Lipinski definition) is 0. The van der Waals surface area contributed by atoms with E-state index in [1.807, 2.05) is 41.8 Å². The van der Waals surface area contributed by atoms with Crippen molar-refractivity contribution in [3.63, 3.8) is 0 Å². The minimum atomic E-state index is -0.146. The van der Waals surface area contributed by atoms with Gasteiger partial charge in [-0.25, -0.2) is 0 Å². The topological polar surface area (TPSA) is 52.8 Å².